The van der Waals surface area contributed by atoms with E-state index < -0.39 is 5.60 Å². The van der Waals surface area contributed by atoms with Crippen LogP contribution in [-0.2, 0) is 7.05 Å². The second-order valence-corrected chi connectivity index (χ2v) is 7.21. The molecule has 0 atom stereocenters. The molecular weight excluding hydrogens is 367 g/mol. The van der Waals surface area contributed by atoms with Crippen LogP contribution in [-0.4, -0.2) is 30.2 Å². The molecule has 138 valence electrons. The van der Waals surface area contributed by atoms with Crippen LogP contribution in [0.15, 0.2) is 24.3 Å². The van der Waals surface area contributed by atoms with Crippen LogP contribution in [0.5, 0.6) is 0 Å². The van der Waals surface area contributed by atoms with Gasteiger partial charge in [0.05, 0.1) is 0 Å². The first-order valence-corrected chi connectivity index (χ1v) is 9.24. The van der Waals surface area contributed by atoms with Gasteiger partial charge in [0, 0.05) is 12.6 Å². The molecule has 0 aliphatic heterocycles. The monoisotopic (exact) mass is 384 g/mol. The van der Waals surface area contributed by atoms with E-state index in [-0.39, 0.29) is 16.8 Å². The highest BCUT2D eigenvalue weighted by Gasteiger charge is 2.26. The highest BCUT2D eigenvalue weighted by atomic mass is 35.5. The first kappa shape index (κ1) is 17.9. The Bertz CT molecular complexity index is 1060. The molecule has 0 bridgehead atoms. The van der Waals surface area contributed by atoms with E-state index >= 15 is 0 Å². The van der Waals surface area contributed by atoms with E-state index in [1.807, 2.05) is 7.05 Å². The van der Waals surface area contributed by atoms with Crippen LogP contribution < -0.4 is 0 Å². The minimum Gasteiger partial charge on any atom is -0.378 e. The molecule has 3 aromatic rings. The molecule has 1 N–H and O–H groups in total. The number of imidazole rings is 1. The van der Waals surface area contributed by atoms with Crippen LogP contribution >= 0.6 is 11.6 Å². The number of aromatic nitrogens is 4. The van der Waals surface area contributed by atoms with Crippen LogP contribution in [0.25, 0.3) is 22.6 Å². The molecule has 2 heterocycles. The number of hydrogen-bond donors (Lipinski definition) is 1. The minimum atomic E-state index is -0.977. The molecule has 0 unspecified atom stereocenters. The summed E-state index contributed by atoms with van der Waals surface area (Å²) in [4.78, 5) is 13.2. The van der Waals surface area contributed by atoms with Crippen molar-refractivity contribution in [3.05, 3.63) is 41.1 Å². The summed E-state index contributed by atoms with van der Waals surface area (Å²) < 4.78 is 15.0. The van der Waals surface area contributed by atoms with Crippen molar-refractivity contribution in [2.45, 2.75) is 37.7 Å². The zero-order valence-electron chi connectivity index (χ0n) is 14.8. The van der Waals surface area contributed by atoms with E-state index in [4.69, 9.17) is 11.6 Å². The second-order valence-electron chi connectivity index (χ2n) is 6.85. The standard InChI is InChI=1S/C20H18ClFN4O/c1-26-18(13-5-7-14(22)8-6-13)25-16-17(21)23-15(24-19(16)26)9-12-20(27)10-3-2-4-11-20/h5-8,27H,2-4,10-11H2,1H3. The van der Waals surface area contributed by atoms with Gasteiger partial charge in [-0.2, -0.15) is 0 Å². The third-order valence-corrected chi connectivity index (χ3v) is 5.13. The predicted octanol–water partition coefficient (Wildman–Crippen LogP) is 3.87. The Kier molecular flexibility index (Phi) is 4.58. The summed E-state index contributed by atoms with van der Waals surface area (Å²) in [6.07, 6.45) is 4.38. The van der Waals surface area contributed by atoms with Gasteiger partial charge in [-0.3, -0.25) is 0 Å². The minimum absolute atomic E-state index is 0.198. The average molecular weight is 385 g/mol. The third kappa shape index (κ3) is 3.53. The maximum absolute atomic E-state index is 13.2. The molecule has 1 aromatic carbocycles. The maximum Gasteiger partial charge on any atom is 0.208 e. The number of fused-ring (bicyclic) bond motifs is 1. The number of halogens is 2. The molecule has 1 saturated carbocycles. The van der Waals surface area contributed by atoms with Crippen LogP contribution in [0, 0.1) is 17.7 Å². The molecule has 2 aromatic heterocycles. The predicted molar refractivity (Wildman–Crippen MR) is 102 cm³/mol. The fourth-order valence-corrected chi connectivity index (χ4v) is 3.58. The van der Waals surface area contributed by atoms with Gasteiger partial charge in [0.2, 0.25) is 5.82 Å². The normalized spacial score (nSPS) is 16.1. The quantitative estimate of drug-likeness (QED) is 0.511. The summed E-state index contributed by atoms with van der Waals surface area (Å²) in [6, 6.07) is 6.06. The number of nitrogens with zero attached hydrogens (tertiary/aromatic N) is 4. The average Bonchev–Trinajstić information content (AvgIpc) is 2.99. The fourth-order valence-electron chi connectivity index (χ4n) is 3.37. The lowest BCUT2D eigenvalue weighted by molar-refractivity contribution is 0.0610. The van der Waals surface area contributed by atoms with E-state index in [0.29, 0.717) is 29.8 Å². The van der Waals surface area contributed by atoms with Crippen molar-refractivity contribution in [1.29, 1.82) is 0 Å². The summed E-state index contributed by atoms with van der Waals surface area (Å²) in [5, 5.41) is 10.7. The Labute approximate surface area is 161 Å². The van der Waals surface area contributed by atoms with E-state index in [1.54, 1.807) is 16.7 Å². The topological polar surface area (TPSA) is 63.8 Å². The van der Waals surface area contributed by atoms with Gasteiger partial charge in [0.25, 0.3) is 0 Å². The van der Waals surface area contributed by atoms with Gasteiger partial charge in [0.1, 0.15) is 22.8 Å². The molecule has 0 amide bonds. The van der Waals surface area contributed by atoms with Crippen molar-refractivity contribution in [3.63, 3.8) is 0 Å². The molecule has 7 heteroatoms. The number of rotatable bonds is 1. The van der Waals surface area contributed by atoms with Gasteiger partial charge in [-0.05, 0) is 55.9 Å². The van der Waals surface area contributed by atoms with Crippen LogP contribution in [0.4, 0.5) is 4.39 Å². The molecule has 1 aliphatic rings. The lowest BCUT2D eigenvalue weighted by atomic mass is 9.85. The molecular formula is C20H18ClFN4O. The zero-order chi connectivity index (χ0) is 19.0. The Morgan fingerprint density at radius 2 is 1.81 bits per heavy atom. The SMILES string of the molecule is Cn1c(-c2ccc(F)cc2)nc2c(Cl)nc(C#CC3(O)CCCCC3)nc21. The largest absolute Gasteiger partial charge is 0.378 e. The number of benzene rings is 1. The van der Waals surface area contributed by atoms with Crippen LogP contribution in [0.1, 0.15) is 37.9 Å². The lowest BCUT2D eigenvalue weighted by Crippen LogP contribution is -2.29. The van der Waals surface area contributed by atoms with E-state index in [1.165, 1.54) is 12.1 Å². The molecule has 4 rings (SSSR count). The number of aryl methyl sites for hydroxylation is 1. The van der Waals surface area contributed by atoms with Crippen molar-refractivity contribution in [1.82, 2.24) is 19.5 Å². The molecule has 0 spiro atoms. The van der Waals surface area contributed by atoms with Crippen molar-refractivity contribution in [2.75, 3.05) is 0 Å². The lowest BCUT2D eigenvalue weighted by Gasteiger charge is -2.26. The fraction of sp³-hybridized carbons (Fsp3) is 0.350. The van der Waals surface area contributed by atoms with Gasteiger partial charge < -0.3 is 9.67 Å². The first-order chi connectivity index (χ1) is 13.0. The zero-order valence-corrected chi connectivity index (χ0v) is 15.6. The molecule has 1 aliphatic carbocycles. The van der Waals surface area contributed by atoms with Gasteiger partial charge >= 0.3 is 0 Å². The van der Waals surface area contributed by atoms with E-state index in [2.05, 4.69) is 26.8 Å². The molecule has 5 nitrogen and oxygen atoms in total. The Morgan fingerprint density at radius 3 is 2.52 bits per heavy atom. The van der Waals surface area contributed by atoms with Gasteiger partial charge in [0.15, 0.2) is 10.8 Å². The molecule has 0 radical (unpaired) electrons. The van der Waals surface area contributed by atoms with Crippen molar-refractivity contribution < 1.29 is 9.50 Å². The van der Waals surface area contributed by atoms with Crippen LogP contribution in [0.3, 0.4) is 0 Å². The summed E-state index contributed by atoms with van der Waals surface area (Å²) in [7, 11) is 1.81. The summed E-state index contributed by atoms with van der Waals surface area (Å²) in [6.45, 7) is 0. The summed E-state index contributed by atoms with van der Waals surface area (Å²) >= 11 is 6.30. The van der Waals surface area contributed by atoms with Gasteiger partial charge in [-0.15, -0.1) is 0 Å². The summed E-state index contributed by atoms with van der Waals surface area (Å²) in [5.74, 6) is 6.34. The first-order valence-electron chi connectivity index (χ1n) is 8.87. The van der Waals surface area contributed by atoms with Crippen molar-refractivity contribution in [2.24, 2.45) is 7.05 Å². The van der Waals surface area contributed by atoms with Crippen molar-refractivity contribution >= 4 is 22.8 Å². The van der Waals surface area contributed by atoms with Gasteiger partial charge in [-0.25, -0.2) is 19.3 Å². The maximum atomic E-state index is 13.2. The Morgan fingerprint density at radius 1 is 1.11 bits per heavy atom. The number of hydrogen-bond acceptors (Lipinski definition) is 4. The Balaban J connectivity index is 1.75. The van der Waals surface area contributed by atoms with Crippen LogP contribution in [0.2, 0.25) is 5.15 Å². The molecule has 1 fully saturated rings. The third-order valence-electron chi connectivity index (χ3n) is 4.87. The number of aliphatic hydroxyl groups is 1. The van der Waals surface area contributed by atoms with Gasteiger partial charge in [-0.1, -0.05) is 23.9 Å². The van der Waals surface area contributed by atoms with E-state index in [0.717, 1.165) is 24.8 Å². The summed E-state index contributed by atoms with van der Waals surface area (Å²) in [5.41, 5.74) is 0.765. The smallest absolute Gasteiger partial charge is 0.208 e. The highest BCUT2D eigenvalue weighted by molar-refractivity contribution is 6.33. The highest BCUT2D eigenvalue weighted by Crippen LogP contribution is 2.28. The molecule has 0 saturated heterocycles. The van der Waals surface area contributed by atoms with E-state index in [9.17, 15) is 9.50 Å². The molecule has 27 heavy (non-hydrogen) atoms. The Hall–Kier alpha value is -2.49. The second kappa shape index (κ2) is 6.91. The van der Waals surface area contributed by atoms with Crippen molar-refractivity contribution in [3.8, 4) is 23.2 Å².